The average Bonchev–Trinajstić information content (AvgIpc) is 2.12. The van der Waals surface area contributed by atoms with Crippen LogP contribution in [-0.4, -0.2) is 25.2 Å². The van der Waals surface area contributed by atoms with Gasteiger partial charge in [0, 0.05) is 12.3 Å². The number of hydrogen-bond acceptors (Lipinski definition) is 4. The molecule has 0 aromatic heterocycles. The minimum Gasteiger partial charge on any atom is -0.434 e. The molecule has 0 aliphatic carbocycles. The quantitative estimate of drug-likeness (QED) is 0.620. The maximum Gasteiger partial charge on any atom is 0.508 e. The van der Waals surface area contributed by atoms with E-state index in [0.29, 0.717) is 19.6 Å². The van der Waals surface area contributed by atoms with E-state index in [4.69, 9.17) is 0 Å². The molecular weight excluding hydrogens is 172 g/mol. The number of hydrogen-bond donors (Lipinski definition) is 0. The molecule has 0 spiro atoms. The Labute approximate surface area is 78.2 Å². The Bertz CT molecular complexity index is 166. The van der Waals surface area contributed by atoms with Gasteiger partial charge in [0.2, 0.25) is 0 Å². The predicted molar refractivity (Wildman–Crippen MR) is 47.4 cm³/mol. The van der Waals surface area contributed by atoms with E-state index < -0.39 is 6.16 Å². The molecule has 0 amide bonds. The molecule has 1 heterocycles. The van der Waals surface area contributed by atoms with Crippen molar-refractivity contribution >= 4 is 11.9 Å². The van der Waals surface area contributed by atoms with Gasteiger partial charge in [-0.2, -0.15) is 0 Å². The summed E-state index contributed by atoms with van der Waals surface area (Å²) < 4.78 is 9.16. The molecular formula is C9H16O4. The lowest BCUT2D eigenvalue weighted by atomic mass is 10.1. The summed E-state index contributed by atoms with van der Waals surface area (Å²) >= 11 is 0. The second-order valence-electron chi connectivity index (χ2n) is 2.64. The first-order valence-corrected chi connectivity index (χ1v) is 4.47. The Morgan fingerprint density at radius 2 is 1.85 bits per heavy atom. The van der Waals surface area contributed by atoms with Crippen LogP contribution in [0.3, 0.4) is 0 Å². The lowest BCUT2D eigenvalue weighted by Crippen LogP contribution is -2.28. The molecule has 0 aromatic rings. The summed E-state index contributed by atoms with van der Waals surface area (Å²) in [6.07, 6.45) is -0.211. The summed E-state index contributed by atoms with van der Waals surface area (Å²) in [5, 5.41) is 0. The zero-order valence-corrected chi connectivity index (χ0v) is 8.33. The highest BCUT2D eigenvalue weighted by atomic mass is 16.7. The molecule has 0 saturated carbocycles. The van der Waals surface area contributed by atoms with E-state index in [1.807, 2.05) is 13.8 Å². The Kier molecular flexibility index (Phi) is 5.93. The Morgan fingerprint density at radius 1 is 1.38 bits per heavy atom. The summed E-state index contributed by atoms with van der Waals surface area (Å²) in [4.78, 5) is 21.0. The lowest BCUT2D eigenvalue weighted by Gasteiger charge is -2.20. The fraction of sp³-hybridized carbons (Fsp3) is 0.778. The normalized spacial score (nSPS) is 16.4. The standard InChI is InChI=1S/C7H10O4.C2H6/c1-5(8)2-6-3-10-7(9)11-4-6;1-2/h6H,2-4H2,1H3;1-2H3. The SMILES string of the molecule is CC.CC(=O)CC1COC(=O)OC1. The van der Waals surface area contributed by atoms with E-state index in [1.165, 1.54) is 6.92 Å². The van der Waals surface area contributed by atoms with Crippen molar-refractivity contribution in [1.29, 1.82) is 0 Å². The van der Waals surface area contributed by atoms with Crippen molar-refractivity contribution in [2.24, 2.45) is 5.92 Å². The highest BCUT2D eigenvalue weighted by Crippen LogP contribution is 2.11. The van der Waals surface area contributed by atoms with Crippen LogP contribution >= 0.6 is 0 Å². The maximum absolute atomic E-state index is 10.6. The molecule has 13 heavy (non-hydrogen) atoms. The second-order valence-corrected chi connectivity index (χ2v) is 2.64. The van der Waals surface area contributed by atoms with E-state index in [-0.39, 0.29) is 11.7 Å². The first kappa shape index (κ1) is 11.9. The number of cyclic esters (lactones) is 2. The van der Waals surface area contributed by atoms with Gasteiger partial charge in [0.1, 0.15) is 19.0 Å². The van der Waals surface area contributed by atoms with Gasteiger partial charge >= 0.3 is 6.16 Å². The molecule has 0 atom stereocenters. The van der Waals surface area contributed by atoms with E-state index >= 15 is 0 Å². The summed E-state index contributed by atoms with van der Waals surface area (Å²) in [5.74, 6) is 0.141. The summed E-state index contributed by atoms with van der Waals surface area (Å²) in [6, 6.07) is 0. The van der Waals surface area contributed by atoms with Crippen molar-refractivity contribution < 1.29 is 19.1 Å². The Hall–Kier alpha value is -1.06. The van der Waals surface area contributed by atoms with Crippen LogP contribution in [0.2, 0.25) is 0 Å². The number of ketones is 1. The smallest absolute Gasteiger partial charge is 0.434 e. The van der Waals surface area contributed by atoms with Crippen LogP contribution in [0.1, 0.15) is 27.2 Å². The van der Waals surface area contributed by atoms with Crippen molar-refractivity contribution in [3.63, 3.8) is 0 Å². The number of carbonyl (C=O) groups excluding carboxylic acids is 2. The number of ether oxygens (including phenoxy) is 2. The highest BCUT2D eigenvalue weighted by molar-refractivity contribution is 5.75. The molecule has 4 heteroatoms. The van der Waals surface area contributed by atoms with Gasteiger partial charge in [-0.1, -0.05) is 13.8 Å². The van der Waals surface area contributed by atoms with Crippen LogP contribution in [0.25, 0.3) is 0 Å². The third kappa shape index (κ3) is 5.22. The van der Waals surface area contributed by atoms with Gasteiger partial charge in [-0.25, -0.2) is 4.79 Å². The van der Waals surface area contributed by atoms with Crippen LogP contribution in [0.5, 0.6) is 0 Å². The van der Waals surface area contributed by atoms with Gasteiger partial charge in [0.25, 0.3) is 0 Å². The molecule has 0 N–H and O–H groups in total. The van der Waals surface area contributed by atoms with E-state index in [2.05, 4.69) is 9.47 Å². The second kappa shape index (κ2) is 6.46. The zero-order valence-electron chi connectivity index (χ0n) is 8.33. The topological polar surface area (TPSA) is 52.6 Å². The molecule has 0 radical (unpaired) electrons. The molecule has 0 aromatic carbocycles. The van der Waals surface area contributed by atoms with Crippen molar-refractivity contribution in [1.82, 2.24) is 0 Å². The van der Waals surface area contributed by atoms with Crippen molar-refractivity contribution in [2.45, 2.75) is 27.2 Å². The van der Waals surface area contributed by atoms with Crippen molar-refractivity contribution in [3.05, 3.63) is 0 Å². The number of carbonyl (C=O) groups is 2. The minimum atomic E-state index is -0.634. The van der Waals surface area contributed by atoms with Crippen LogP contribution in [-0.2, 0) is 14.3 Å². The fourth-order valence-electron chi connectivity index (χ4n) is 0.986. The summed E-state index contributed by atoms with van der Waals surface area (Å²) in [7, 11) is 0. The molecule has 76 valence electrons. The monoisotopic (exact) mass is 188 g/mol. The first-order chi connectivity index (χ1) is 6.18. The van der Waals surface area contributed by atoms with Gasteiger partial charge in [0.15, 0.2) is 0 Å². The third-order valence-electron chi connectivity index (χ3n) is 1.45. The number of rotatable bonds is 2. The predicted octanol–water partition coefficient (Wildman–Crippen LogP) is 1.77. The fourth-order valence-corrected chi connectivity index (χ4v) is 0.986. The highest BCUT2D eigenvalue weighted by Gasteiger charge is 2.21. The Morgan fingerprint density at radius 3 is 2.23 bits per heavy atom. The summed E-state index contributed by atoms with van der Waals surface area (Å²) in [5.41, 5.74) is 0. The van der Waals surface area contributed by atoms with E-state index in [1.54, 1.807) is 0 Å². The van der Waals surface area contributed by atoms with E-state index in [9.17, 15) is 9.59 Å². The van der Waals surface area contributed by atoms with Gasteiger partial charge in [-0.3, -0.25) is 0 Å². The molecule has 1 aliphatic heterocycles. The third-order valence-corrected chi connectivity index (χ3v) is 1.45. The van der Waals surface area contributed by atoms with Crippen molar-refractivity contribution in [2.75, 3.05) is 13.2 Å². The first-order valence-electron chi connectivity index (χ1n) is 4.47. The summed E-state index contributed by atoms with van der Waals surface area (Å²) in [6.45, 7) is 6.12. The Balaban J connectivity index is 0.000000671. The largest absolute Gasteiger partial charge is 0.508 e. The molecule has 0 bridgehead atoms. The van der Waals surface area contributed by atoms with Crippen LogP contribution < -0.4 is 0 Å². The molecule has 1 aliphatic rings. The van der Waals surface area contributed by atoms with Gasteiger partial charge in [-0.15, -0.1) is 0 Å². The minimum absolute atomic E-state index is 0.0465. The lowest BCUT2D eigenvalue weighted by molar-refractivity contribution is -0.119. The zero-order chi connectivity index (χ0) is 10.3. The van der Waals surface area contributed by atoms with Crippen LogP contribution in [0.15, 0.2) is 0 Å². The molecule has 1 saturated heterocycles. The van der Waals surface area contributed by atoms with Gasteiger partial charge in [0.05, 0.1) is 0 Å². The van der Waals surface area contributed by atoms with Crippen LogP contribution in [0.4, 0.5) is 4.79 Å². The van der Waals surface area contributed by atoms with Crippen LogP contribution in [0, 0.1) is 5.92 Å². The molecule has 4 nitrogen and oxygen atoms in total. The molecule has 1 rings (SSSR count). The number of Topliss-reactive ketones (excluding diaryl/α,β-unsaturated/α-hetero) is 1. The maximum atomic E-state index is 10.6. The average molecular weight is 188 g/mol. The van der Waals surface area contributed by atoms with Gasteiger partial charge in [-0.05, 0) is 6.92 Å². The van der Waals surface area contributed by atoms with E-state index in [0.717, 1.165) is 0 Å². The molecule has 0 unspecified atom stereocenters. The molecule has 1 fully saturated rings. The van der Waals surface area contributed by atoms with Crippen molar-refractivity contribution in [3.8, 4) is 0 Å². The van der Waals surface area contributed by atoms with Gasteiger partial charge < -0.3 is 14.3 Å².